The van der Waals surface area contributed by atoms with Crippen molar-refractivity contribution in [1.82, 2.24) is 0 Å². The number of benzene rings is 2. The van der Waals surface area contributed by atoms with Gasteiger partial charge in [0.15, 0.2) is 5.79 Å². The minimum absolute atomic E-state index is 0.243. The molecule has 0 aliphatic heterocycles. The third kappa shape index (κ3) is 4.20. The summed E-state index contributed by atoms with van der Waals surface area (Å²) in [5.41, 5.74) is 3.68. The van der Waals surface area contributed by atoms with Crippen LogP contribution < -0.4 is 4.74 Å². The molecular formula is C32H40O4. The van der Waals surface area contributed by atoms with Crippen molar-refractivity contribution in [3.05, 3.63) is 65.2 Å². The number of fused-ring (bicyclic) bond motifs is 5. The summed E-state index contributed by atoms with van der Waals surface area (Å²) < 4.78 is 18.7. The van der Waals surface area contributed by atoms with E-state index in [0.717, 1.165) is 25.7 Å². The zero-order valence-electron chi connectivity index (χ0n) is 21.8. The van der Waals surface area contributed by atoms with Gasteiger partial charge in [0.1, 0.15) is 5.75 Å². The SMILES string of the molecule is COC1(O[C@H]2CC[C@H]3[C@@H]4CCc5cc(OC(=O)c6ccccc6)ccc5[C@H]4CC[C@]23C)CCCCC1. The van der Waals surface area contributed by atoms with Crippen molar-refractivity contribution in [2.24, 2.45) is 17.3 Å². The number of methoxy groups -OCH3 is 1. The van der Waals surface area contributed by atoms with Crippen LogP contribution in [-0.2, 0) is 15.9 Å². The highest BCUT2D eigenvalue weighted by molar-refractivity contribution is 5.91. The van der Waals surface area contributed by atoms with E-state index in [0.29, 0.717) is 35.2 Å². The van der Waals surface area contributed by atoms with Crippen LogP contribution in [0.2, 0.25) is 0 Å². The highest BCUT2D eigenvalue weighted by atomic mass is 16.7. The van der Waals surface area contributed by atoms with Gasteiger partial charge in [-0.25, -0.2) is 4.79 Å². The summed E-state index contributed by atoms with van der Waals surface area (Å²) >= 11 is 0. The number of rotatable bonds is 5. The van der Waals surface area contributed by atoms with Crippen LogP contribution in [0.1, 0.15) is 98.5 Å². The molecule has 3 fully saturated rings. The van der Waals surface area contributed by atoms with Crippen LogP contribution in [0.4, 0.5) is 0 Å². The van der Waals surface area contributed by atoms with Crippen molar-refractivity contribution in [2.45, 2.75) is 95.4 Å². The van der Waals surface area contributed by atoms with Gasteiger partial charge in [0.2, 0.25) is 0 Å². The lowest BCUT2D eigenvalue weighted by Gasteiger charge is -2.52. The maximum absolute atomic E-state index is 12.5. The Bertz CT molecular complexity index is 1090. The molecule has 0 aromatic heterocycles. The number of aryl methyl sites for hydroxylation is 1. The molecule has 4 aliphatic rings. The number of ether oxygens (including phenoxy) is 3. The van der Waals surface area contributed by atoms with Gasteiger partial charge in [0, 0.05) is 20.0 Å². The molecule has 0 amide bonds. The number of carbonyl (C=O) groups excluding carboxylic acids is 1. The van der Waals surface area contributed by atoms with E-state index in [9.17, 15) is 4.79 Å². The van der Waals surface area contributed by atoms with Crippen molar-refractivity contribution in [1.29, 1.82) is 0 Å². The van der Waals surface area contributed by atoms with Crippen molar-refractivity contribution in [3.8, 4) is 5.75 Å². The molecule has 192 valence electrons. The van der Waals surface area contributed by atoms with Gasteiger partial charge in [-0.2, -0.15) is 0 Å². The summed E-state index contributed by atoms with van der Waals surface area (Å²) in [5, 5.41) is 0. The van der Waals surface area contributed by atoms with Gasteiger partial charge in [0.25, 0.3) is 0 Å². The van der Waals surface area contributed by atoms with Gasteiger partial charge in [-0.3, -0.25) is 0 Å². The zero-order valence-corrected chi connectivity index (χ0v) is 21.8. The van der Waals surface area contributed by atoms with Crippen molar-refractivity contribution >= 4 is 5.97 Å². The minimum atomic E-state index is -0.357. The molecule has 2 aromatic rings. The van der Waals surface area contributed by atoms with Crippen LogP contribution in [0.3, 0.4) is 0 Å². The standard InChI is InChI=1S/C32H40O4/c1-31-20-17-26-25-14-12-24(35-30(33)22-9-5-3-6-10-22)21-23(25)11-13-27(26)28(31)15-16-29(31)36-32(34-2)18-7-4-8-19-32/h3,5-6,9-10,12,14,21,26-29H,4,7-8,11,13,15-20H2,1-2H3/t26-,27-,28+,29+,31+/m1/s1. The molecule has 0 radical (unpaired) electrons. The first-order valence-corrected chi connectivity index (χ1v) is 14.1. The maximum atomic E-state index is 12.5. The van der Waals surface area contributed by atoms with Gasteiger partial charge >= 0.3 is 5.97 Å². The molecule has 6 rings (SSSR count). The van der Waals surface area contributed by atoms with E-state index in [1.807, 2.05) is 31.4 Å². The van der Waals surface area contributed by atoms with Crippen molar-refractivity contribution in [3.63, 3.8) is 0 Å². The summed E-state index contributed by atoms with van der Waals surface area (Å²) in [5.74, 6) is 2.05. The molecule has 36 heavy (non-hydrogen) atoms. The quantitative estimate of drug-likeness (QED) is 0.249. The third-order valence-electron chi connectivity index (χ3n) is 10.2. The topological polar surface area (TPSA) is 44.8 Å². The zero-order chi connectivity index (χ0) is 24.8. The Morgan fingerprint density at radius 3 is 2.50 bits per heavy atom. The fourth-order valence-corrected chi connectivity index (χ4v) is 8.23. The predicted molar refractivity (Wildman–Crippen MR) is 140 cm³/mol. The lowest BCUT2D eigenvalue weighted by Crippen LogP contribution is -2.49. The Kier molecular flexibility index (Phi) is 6.46. The average Bonchev–Trinajstić information content (AvgIpc) is 3.25. The molecule has 0 heterocycles. The Morgan fingerprint density at radius 1 is 0.917 bits per heavy atom. The normalized spacial score (nSPS) is 32.7. The fourth-order valence-electron chi connectivity index (χ4n) is 8.23. The number of hydrogen-bond donors (Lipinski definition) is 0. The summed E-state index contributed by atoms with van der Waals surface area (Å²) in [6, 6.07) is 15.6. The van der Waals surface area contributed by atoms with E-state index < -0.39 is 0 Å². The second-order valence-corrected chi connectivity index (χ2v) is 11.9. The number of hydrogen-bond acceptors (Lipinski definition) is 4. The predicted octanol–water partition coefficient (Wildman–Crippen LogP) is 7.45. The van der Waals surface area contributed by atoms with Gasteiger partial charge in [-0.05, 0) is 110 Å². The Hall–Kier alpha value is -2.17. The highest BCUT2D eigenvalue weighted by Crippen LogP contribution is 2.62. The molecule has 4 nitrogen and oxygen atoms in total. The molecule has 0 N–H and O–H groups in total. The third-order valence-corrected chi connectivity index (χ3v) is 10.2. The summed E-state index contributed by atoms with van der Waals surface area (Å²) in [7, 11) is 1.85. The molecule has 0 unspecified atom stereocenters. The van der Waals surface area contributed by atoms with E-state index in [4.69, 9.17) is 14.2 Å². The lowest BCUT2D eigenvalue weighted by molar-refractivity contribution is -0.278. The van der Waals surface area contributed by atoms with Crippen LogP contribution in [0.5, 0.6) is 5.75 Å². The average molecular weight is 489 g/mol. The van der Waals surface area contributed by atoms with Crippen molar-refractivity contribution in [2.75, 3.05) is 7.11 Å². The summed E-state index contributed by atoms with van der Waals surface area (Å²) in [4.78, 5) is 12.5. The Morgan fingerprint density at radius 2 is 1.72 bits per heavy atom. The van der Waals surface area contributed by atoms with E-state index in [1.54, 1.807) is 12.1 Å². The van der Waals surface area contributed by atoms with Gasteiger partial charge in [-0.15, -0.1) is 0 Å². The summed E-state index contributed by atoms with van der Waals surface area (Å²) in [6.07, 6.45) is 13.3. The van der Waals surface area contributed by atoms with Crippen LogP contribution in [0.15, 0.2) is 48.5 Å². The first-order valence-electron chi connectivity index (χ1n) is 14.1. The molecule has 3 saturated carbocycles. The molecule has 5 atom stereocenters. The highest BCUT2D eigenvalue weighted by Gasteiger charge is 2.57. The Labute approximate surface area is 215 Å². The lowest BCUT2D eigenvalue weighted by atomic mass is 9.55. The second kappa shape index (κ2) is 9.61. The molecule has 2 aromatic carbocycles. The molecule has 4 aliphatic carbocycles. The van der Waals surface area contributed by atoms with Crippen LogP contribution in [0.25, 0.3) is 0 Å². The monoisotopic (exact) mass is 488 g/mol. The second-order valence-electron chi connectivity index (χ2n) is 11.9. The van der Waals surface area contributed by atoms with Crippen LogP contribution in [-0.4, -0.2) is 25.0 Å². The van der Waals surface area contributed by atoms with E-state index in [2.05, 4.69) is 19.1 Å². The maximum Gasteiger partial charge on any atom is 0.343 e. The fraction of sp³-hybridized carbons (Fsp3) is 0.594. The molecular weight excluding hydrogens is 448 g/mol. The number of esters is 1. The summed E-state index contributed by atoms with van der Waals surface area (Å²) in [6.45, 7) is 2.51. The minimum Gasteiger partial charge on any atom is -0.423 e. The number of carbonyl (C=O) groups is 1. The van der Waals surface area contributed by atoms with Gasteiger partial charge < -0.3 is 14.2 Å². The van der Waals surface area contributed by atoms with Gasteiger partial charge in [0.05, 0.1) is 11.7 Å². The molecule has 4 heteroatoms. The van der Waals surface area contributed by atoms with Crippen LogP contribution in [0, 0.1) is 17.3 Å². The van der Waals surface area contributed by atoms with Crippen LogP contribution >= 0.6 is 0 Å². The smallest absolute Gasteiger partial charge is 0.343 e. The first-order chi connectivity index (χ1) is 17.5. The van der Waals surface area contributed by atoms with E-state index >= 15 is 0 Å². The van der Waals surface area contributed by atoms with E-state index in [-0.39, 0.29) is 17.2 Å². The Balaban J connectivity index is 1.17. The van der Waals surface area contributed by atoms with Gasteiger partial charge in [-0.1, -0.05) is 37.6 Å². The molecule has 0 spiro atoms. The molecule has 0 saturated heterocycles. The first kappa shape index (κ1) is 24.2. The largest absolute Gasteiger partial charge is 0.423 e. The van der Waals surface area contributed by atoms with E-state index in [1.165, 1.54) is 56.1 Å². The molecule has 0 bridgehead atoms. The van der Waals surface area contributed by atoms with Crippen molar-refractivity contribution < 1.29 is 19.0 Å².